The van der Waals surface area contributed by atoms with Crippen LogP contribution >= 0.6 is 11.3 Å². The normalized spacial score (nSPS) is 10.6. The number of nitrogens with one attached hydrogen (secondary N) is 1. The first-order valence-electron chi connectivity index (χ1n) is 8.10. The number of hydrogen-bond acceptors (Lipinski definition) is 5. The van der Waals surface area contributed by atoms with Crippen LogP contribution in [-0.2, 0) is 11.2 Å². The van der Waals surface area contributed by atoms with E-state index in [2.05, 4.69) is 10.3 Å². The van der Waals surface area contributed by atoms with Crippen LogP contribution in [0.5, 0.6) is 0 Å². The summed E-state index contributed by atoms with van der Waals surface area (Å²) in [6, 6.07) is 10.3. The topological polar surface area (TPSA) is 85.1 Å². The second kappa shape index (κ2) is 7.63. The first-order chi connectivity index (χ1) is 12.8. The van der Waals surface area contributed by atoms with Crippen molar-refractivity contribution < 1.29 is 14.1 Å². The Morgan fingerprint density at radius 2 is 1.93 bits per heavy atom. The molecule has 0 bridgehead atoms. The lowest BCUT2D eigenvalue weighted by Crippen LogP contribution is -2.15. The fraction of sp³-hybridized carbons (Fsp3) is 0.158. The zero-order valence-corrected chi connectivity index (χ0v) is 15.5. The zero-order chi connectivity index (χ0) is 19.6. The van der Waals surface area contributed by atoms with Crippen LogP contribution in [0.1, 0.15) is 15.4 Å². The fourth-order valence-corrected chi connectivity index (χ4v) is 3.58. The van der Waals surface area contributed by atoms with E-state index in [1.165, 1.54) is 35.6 Å². The highest BCUT2D eigenvalue weighted by Gasteiger charge is 2.17. The number of carbonyl (C=O) groups is 1. The number of non-ortho nitro benzene ring substituents is 1. The lowest BCUT2D eigenvalue weighted by atomic mass is 10.1. The van der Waals surface area contributed by atoms with Gasteiger partial charge in [-0.05, 0) is 43.7 Å². The number of aromatic nitrogens is 1. The van der Waals surface area contributed by atoms with Gasteiger partial charge in [0.25, 0.3) is 5.69 Å². The summed E-state index contributed by atoms with van der Waals surface area (Å²) in [5, 5.41) is 14.5. The van der Waals surface area contributed by atoms with Gasteiger partial charge in [-0.15, -0.1) is 11.3 Å². The summed E-state index contributed by atoms with van der Waals surface area (Å²) in [4.78, 5) is 28.1. The molecule has 3 aromatic rings. The van der Waals surface area contributed by atoms with Crippen LogP contribution in [0.2, 0.25) is 0 Å². The molecule has 138 valence electrons. The van der Waals surface area contributed by atoms with Crippen LogP contribution in [0.15, 0.2) is 42.5 Å². The van der Waals surface area contributed by atoms with Crippen molar-refractivity contribution in [1.82, 2.24) is 4.98 Å². The van der Waals surface area contributed by atoms with Crippen LogP contribution < -0.4 is 5.32 Å². The number of anilines is 1. The van der Waals surface area contributed by atoms with Gasteiger partial charge in [-0.2, -0.15) is 0 Å². The number of amides is 1. The molecule has 0 aliphatic heterocycles. The van der Waals surface area contributed by atoms with Crippen molar-refractivity contribution in [1.29, 1.82) is 0 Å². The summed E-state index contributed by atoms with van der Waals surface area (Å²) in [5.74, 6) is -0.642. The first kappa shape index (κ1) is 18.7. The molecule has 27 heavy (non-hydrogen) atoms. The number of aryl methyl sites for hydroxylation is 2. The molecule has 3 rings (SSSR count). The van der Waals surface area contributed by atoms with E-state index in [1.54, 1.807) is 25.1 Å². The SMILES string of the molecule is Cc1nc(-c2ccc(F)cc2)c(CC(=O)Nc2cc([N+](=O)[O-])ccc2C)s1. The Bertz CT molecular complexity index is 1020. The average Bonchev–Trinajstić information content (AvgIpc) is 2.97. The summed E-state index contributed by atoms with van der Waals surface area (Å²) < 4.78 is 13.2. The number of hydrogen-bond donors (Lipinski definition) is 1. The zero-order valence-electron chi connectivity index (χ0n) is 14.7. The molecule has 0 atom stereocenters. The van der Waals surface area contributed by atoms with Gasteiger partial charge in [-0.25, -0.2) is 9.37 Å². The molecule has 1 N–H and O–H groups in total. The third-order valence-electron chi connectivity index (χ3n) is 3.95. The summed E-state index contributed by atoms with van der Waals surface area (Å²) in [6.45, 7) is 3.60. The maximum Gasteiger partial charge on any atom is 0.271 e. The van der Waals surface area contributed by atoms with Crippen molar-refractivity contribution in [3.63, 3.8) is 0 Å². The van der Waals surface area contributed by atoms with E-state index in [9.17, 15) is 19.3 Å². The van der Waals surface area contributed by atoms with E-state index in [0.717, 1.165) is 21.0 Å². The van der Waals surface area contributed by atoms with Crippen LogP contribution in [0.4, 0.5) is 15.8 Å². The van der Waals surface area contributed by atoms with Gasteiger partial charge in [-0.3, -0.25) is 14.9 Å². The Balaban J connectivity index is 1.82. The van der Waals surface area contributed by atoms with Gasteiger partial charge in [0, 0.05) is 22.6 Å². The van der Waals surface area contributed by atoms with Gasteiger partial charge < -0.3 is 5.32 Å². The molecule has 1 amide bonds. The van der Waals surface area contributed by atoms with E-state index in [0.29, 0.717) is 11.4 Å². The summed E-state index contributed by atoms with van der Waals surface area (Å²) in [6.07, 6.45) is 0.0698. The fourth-order valence-electron chi connectivity index (χ4n) is 2.62. The van der Waals surface area contributed by atoms with Gasteiger partial charge in [0.15, 0.2) is 0 Å². The summed E-state index contributed by atoms with van der Waals surface area (Å²) in [5.41, 5.74) is 2.42. The maximum absolute atomic E-state index is 13.2. The molecule has 0 aliphatic rings. The van der Waals surface area contributed by atoms with Crippen molar-refractivity contribution in [2.75, 3.05) is 5.32 Å². The van der Waals surface area contributed by atoms with Gasteiger partial charge in [0.05, 0.1) is 27.7 Å². The second-order valence-electron chi connectivity index (χ2n) is 5.99. The molecular weight excluding hydrogens is 369 g/mol. The molecular formula is C19H16FN3O3S. The van der Waals surface area contributed by atoms with E-state index in [1.807, 2.05) is 6.92 Å². The Labute approximate surface area is 158 Å². The molecule has 0 fully saturated rings. The molecule has 2 aromatic carbocycles. The number of halogens is 1. The Morgan fingerprint density at radius 1 is 1.22 bits per heavy atom. The van der Waals surface area contributed by atoms with Crippen molar-refractivity contribution in [2.24, 2.45) is 0 Å². The molecule has 0 saturated heterocycles. The molecule has 0 saturated carbocycles. The average molecular weight is 385 g/mol. The third-order valence-corrected chi connectivity index (χ3v) is 4.92. The Hall–Kier alpha value is -3.13. The Kier molecular flexibility index (Phi) is 5.27. The van der Waals surface area contributed by atoms with Gasteiger partial charge in [-0.1, -0.05) is 6.07 Å². The molecule has 0 unspecified atom stereocenters. The quantitative estimate of drug-likeness (QED) is 0.511. The van der Waals surface area contributed by atoms with Crippen LogP contribution in [0.25, 0.3) is 11.3 Å². The highest BCUT2D eigenvalue weighted by Crippen LogP contribution is 2.29. The Morgan fingerprint density at radius 3 is 2.59 bits per heavy atom. The van der Waals surface area contributed by atoms with Gasteiger partial charge >= 0.3 is 0 Å². The number of thiazole rings is 1. The molecule has 0 spiro atoms. The molecule has 8 heteroatoms. The van der Waals surface area contributed by atoms with E-state index >= 15 is 0 Å². The van der Waals surface area contributed by atoms with Crippen molar-refractivity contribution in [2.45, 2.75) is 20.3 Å². The second-order valence-corrected chi connectivity index (χ2v) is 7.28. The minimum absolute atomic E-state index is 0.0698. The first-order valence-corrected chi connectivity index (χ1v) is 8.92. The smallest absolute Gasteiger partial charge is 0.271 e. The summed E-state index contributed by atoms with van der Waals surface area (Å²) in [7, 11) is 0. The number of nitro groups is 1. The third kappa shape index (κ3) is 4.35. The lowest BCUT2D eigenvalue weighted by Gasteiger charge is -2.08. The molecule has 0 aliphatic carbocycles. The summed E-state index contributed by atoms with van der Waals surface area (Å²) >= 11 is 1.39. The number of nitro benzene ring substituents is 1. The number of benzene rings is 2. The predicted molar refractivity (Wildman–Crippen MR) is 102 cm³/mol. The van der Waals surface area contributed by atoms with E-state index < -0.39 is 4.92 Å². The minimum Gasteiger partial charge on any atom is -0.325 e. The lowest BCUT2D eigenvalue weighted by molar-refractivity contribution is -0.384. The highest BCUT2D eigenvalue weighted by atomic mass is 32.1. The number of nitrogens with zero attached hydrogens (tertiary/aromatic N) is 2. The molecule has 1 heterocycles. The van der Waals surface area contributed by atoms with Crippen molar-refractivity contribution in [3.8, 4) is 11.3 Å². The molecule has 1 aromatic heterocycles. The molecule has 0 radical (unpaired) electrons. The monoisotopic (exact) mass is 385 g/mol. The van der Waals surface area contributed by atoms with E-state index in [-0.39, 0.29) is 23.8 Å². The largest absolute Gasteiger partial charge is 0.325 e. The highest BCUT2D eigenvalue weighted by molar-refractivity contribution is 7.12. The number of carbonyl (C=O) groups excluding carboxylic acids is 1. The standard InChI is InChI=1S/C19H16FN3O3S/c1-11-3-8-15(23(25)26)9-16(11)22-18(24)10-17-19(21-12(2)27-17)13-4-6-14(20)7-5-13/h3-9H,10H2,1-2H3,(H,22,24). The van der Waals surface area contributed by atoms with Gasteiger partial charge in [0.2, 0.25) is 5.91 Å². The van der Waals surface area contributed by atoms with Gasteiger partial charge in [0.1, 0.15) is 5.82 Å². The van der Waals surface area contributed by atoms with Crippen LogP contribution in [0, 0.1) is 29.8 Å². The minimum atomic E-state index is -0.506. The van der Waals surface area contributed by atoms with E-state index in [4.69, 9.17) is 0 Å². The maximum atomic E-state index is 13.2. The van der Waals surface area contributed by atoms with Crippen LogP contribution in [-0.4, -0.2) is 15.8 Å². The predicted octanol–water partition coefficient (Wildman–Crippen LogP) is 4.66. The molecule has 6 nitrogen and oxygen atoms in total. The van der Waals surface area contributed by atoms with Crippen molar-refractivity contribution >= 4 is 28.6 Å². The number of rotatable bonds is 5. The van der Waals surface area contributed by atoms with Crippen molar-refractivity contribution in [3.05, 3.63) is 73.8 Å². The van der Waals surface area contributed by atoms with Crippen LogP contribution in [0.3, 0.4) is 0 Å².